The van der Waals surface area contributed by atoms with E-state index in [1.807, 2.05) is 5.32 Å². The Bertz CT molecular complexity index is 465. The number of rotatable bonds is 5. The van der Waals surface area contributed by atoms with E-state index in [0.717, 1.165) is 12.1 Å². The number of nitrogens with one attached hydrogen (secondary N) is 1. The number of nitrogens with two attached hydrogens (primary N) is 1. The Morgan fingerprint density at radius 1 is 1.33 bits per heavy atom. The number of hydrogen-bond acceptors (Lipinski definition) is 3. The lowest BCUT2D eigenvalue weighted by molar-refractivity contribution is 0.0253. The molecule has 0 spiro atoms. The molecule has 1 rings (SSSR count). The Hall–Kier alpha value is -1.83. The zero-order chi connectivity index (χ0) is 13.9. The second-order valence-electron chi connectivity index (χ2n) is 3.51. The number of halogens is 4. The minimum atomic E-state index is -3.27. The zero-order valence-corrected chi connectivity index (χ0v) is 9.01. The van der Waals surface area contributed by atoms with Crippen LogP contribution in [0.25, 0.3) is 0 Å². The van der Waals surface area contributed by atoms with Gasteiger partial charge in [0.1, 0.15) is 0 Å². The molecule has 0 amide bonds. The number of anilines is 1. The van der Waals surface area contributed by atoms with E-state index in [-0.39, 0.29) is 0 Å². The van der Waals surface area contributed by atoms with Crippen LogP contribution >= 0.6 is 0 Å². The second kappa shape index (κ2) is 5.21. The molecular weight excluding hydrogens is 256 g/mol. The number of hydrogen-bond donors (Lipinski definition) is 3. The molecule has 0 saturated carbocycles. The van der Waals surface area contributed by atoms with Crippen LogP contribution in [0.15, 0.2) is 12.1 Å². The van der Waals surface area contributed by atoms with Gasteiger partial charge in [-0.1, -0.05) is 0 Å². The fourth-order valence-corrected chi connectivity index (χ4v) is 1.15. The van der Waals surface area contributed by atoms with Crippen LogP contribution in [0.1, 0.15) is 10.4 Å². The first kappa shape index (κ1) is 14.2. The first-order valence-corrected chi connectivity index (χ1v) is 4.81. The SMILES string of the molecule is NCC(F)(F)CNc1ccc(C(=O)O)c(F)c1F. The second-order valence-corrected chi connectivity index (χ2v) is 3.51. The van der Waals surface area contributed by atoms with E-state index in [1.165, 1.54) is 0 Å². The van der Waals surface area contributed by atoms with Crippen LogP contribution < -0.4 is 11.1 Å². The predicted molar refractivity (Wildman–Crippen MR) is 55.8 cm³/mol. The molecule has 18 heavy (non-hydrogen) atoms. The molecular formula is C10H10F4N2O2. The summed E-state index contributed by atoms with van der Waals surface area (Å²) in [5.41, 5.74) is 3.34. The number of carboxylic acid groups (broad SMARTS) is 1. The van der Waals surface area contributed by atoms with Gasteiger partial charge in [-0.3, -0.25) is 0 Å². The lowest BCUT2D eigenvalue weighted by Gasteiger charge is -2.16. The highest BCUT2D eigenvalue weighted by Gasteiger charge is 2.27. The van der Waals surface area contributed by atoms with E-state index in [9.17, 15) is 22.4 Å². The molecule has 8 heteroatoms. The van der Waals surface area contributed by atoms with Gasteiger partial charge >= 0.3 is 5.97 Å². The molecule has 0 heterocycles. The summed E-state index contributed by atoms with van der Waals surface area (Å²) in [6.07, 6.45) is 0. The van der Waals surface area contributed by atoms with Gasteiger partial charge in [-0.25, -0.2) is 22.4 Å². The van der Waals surface area contributed by atoms with Crippen LogP contribution in [0.3, 0.4) is 0 Å². The lowest BCUT2D eigenvalue weighted by atomic mass is 10.1. The van der Waals surface area contributed by atoms with Crippen molar-refractivity contribution in [3.8, 4) is 0 Å². The van der Waals surface area contributed by atoms with Crippen molar-refractivity contribution in [2.45, 2.75) is 5.92 Å². The third kappa shape index (κ3) is 3.10. The summed E-state index contributed by atoms with van der Waals surface area (Å²) >= 11 is 0. The molecule has 1 aromatic carbocycles. The molecule has 4 N–H and O–H groups in total. The molecule has 0 aromatic heterocycles. The standard InChI is InChI=1S/C10H10F4N2O2/c11-7-5(9(17)18)1-2-6(8(7)12)16-4-10(13,14)3-15/h1-2,16H,3-4,15H2,(H,17,18). The molecule has 4 nitrogen and oxygen atoms in total. The highest BCUT2D eigenvalue weighted by atomic mass is 19.3. The van der Waals surface area contributed by atoms with E-state index < -0.39 is 47.9 Å². The molecule has 0 saturated heterocycles. The van der Waals surface area contributed by atoms with Crippen molar-refractivity contribution in [2.75, 3.05) is 18.4 Å². The maximum absolute atomic E-state index is 13.3. The largest absolute Gasteiger partial charge is 0.478 e. The van der Waals surface area contributed by atoms with Crippen molar-refractivity contribution in [1.29, 1.82) is 0 Å². The normalized spacial score (nSPS) is 11.4. The molecule has 100 valence electrons. The minimum absolute atomic E-state index is 0.550. The lowest BCUT2D eigenvalue weighted by Crippen LogP contribution is -2.35. The highest BCUT2D eigenvalue weighted by Crippen LogP contribution is 2.22. The van der Waals surface area contributed by atoms with Crippen molar-refractivity contribution in [3.05, 3.63) is 29.3 Å². The molecule has 0 aliphatic carbocycles. The van der Waals surface area contributed by atoms with Crippen LogP contribution in [-0.2, 0) is 0 Å². The first-order valence-electron chi connectivity index (χ1n) is 4.81. The van der Waals surface area contributed by atoms with Gasteiger partial charge in [0.15, 0.2) is 11.6 Å². The van der Waals surface area contributed by atoms with Crippen molar-refractivity contribution in [3.63, 3.8) is 0 Å². The average molecular weight is 266 g/mol. The van der Waals surface area contributed by atoms with E-state index >= 15 is 0 Å². The van der Waals surface area contributed by atoms with Crippen LogP contribution in [0.2, 0.25) is 0 Å². The fraction of sp³-hybridized carbons (Fsp3) is 0.300. The minimum Gasteiger partial charge on any atom is -0.478 e. The Balaban J connectivity index is 2.93. The number of aromatic carboxylic acids is 1. The molecule has 0 radical (unpaired) electrons. The molecule has 0 aliphatic rings. The quantitative estimate of drug-likeness (QED) is 0.709. The Kier molecular flexibility index (Phi) is 4.12. The summed E-state index contributed by atoms with van der Waals surface area (Å²) in [6.45, 7) is -1.93. The molecule has 1 aromatic rings. The van der Waals surface area contributed by atoms with Gasteiger partial charge in [-0.05, 0) is 12.1 Å². The van der Waals surface area contributed by atoms with Gasteiger partial charge in [-0.2, -0.15) is 0 Å². The van der Waals surface area contributed by atoms with Crippen molar-refractivity contribution in [1.82, 2.24) is 0 Å². The third-order valence-corrected chi connectivity index (χ3v) is 2.15. The average Bonchev–Trinajstić information content (AvgIpc) is 2.30. The molecule has 0 bridgehead atoms. The first-order chi connectivity index (χ1) is 8.28. The zero-order valence-electron chi connectivity index (χ0n) is 9.01. The monoisotopic (exact) mass is 266 g/mol. The third-order valence-electron chi connectivity index (χ3n) is 2.15. The predicted octanol–water partition coefficient (Wildman–Crippen LogP) is 1.67. The van der Waals surface area contributed by atoms with E-state index in [1.54, 1.807) is 0 Å². The Labute approximate surface area is 99.4 Å². The summed E-state index contributed by atoms with van der Waals surface area (Å²) < 4.78 is 52.1. The van der Waals surface area contributed by atoms with Gasteiger partial charge < -0.3 is 16.2 Å². The fourth-order valence-electron chi connectivity index (χ4n) is 1.15. The van der Waals surface area contributed by atoms with Crippen LogP contribution in [-0.4, -0.2) is 30.1 Å². The molecule has 0 fully saturated rings. The van der Waals surface area contributed by atoms with Crippen molar-refractivity contribution in [2.24, 2.45) is 5.73 Å². The van der Waals surface area contributed by atoms with Crippen molar-refractivity contribution < 1.29 is 27.5 Å². The van der Waals surface area contributed by atoms with E-state index in [4.69, 9.17) is 10.8 Å². The van der Waals surface area contributed by atoms with Gasteiger partial charge in [0.2, 0.25) is 0 Å². The number of benzene rings is 1. The summed E-state index contributed by atoms with van der Waals surface area (Å²) in [5, 5.41) is 10.5. The van der Waals surface area contributed by atoms with Gasteiger partial charge in [-0.15, -0.1) is 0 Å². The van der Waals surface area contributed by atoms with Crippen LogP contribution in [0, 0.1) is 11.6 Å². The molecule has 0 aliphatic heterocycles. The summed E-state index contributed by atoms with van der Waals surface area (Å²) in [6, 6.07) is 1.65. The van der Waals surface area contributed by atoms with Crippen LogP contribution in [0.5, 0.6) is 0 Å². The smallest absolute Gasteiger partial charge is 0.338 e. The van der Waals surface area contributed by atoms with Gasteiger partial charge in [0.25, 0.3) is 5.92 Å². The number of carbonyl (C=O) groups is 1. The Morgan fingerprint density at radius 2 is 1.94 bits per heavy atom. The van der Waals surface area contributed by atoms with Gasteiger partial charge in [0.05, 0.1) is 24.3 Å². The van der Waals surface area contributed by atoms with Crippen LogP contribution in [0.4, 0.5) is 23.2 Å². The summed E-state index contributed by atoms with van der Waals surface area (Å²) in [7, 11) is 0. The van der Waals surface area contributed by atoms with Crippen molar-refractivity contribution >= 4 is 11.7 Å². The molecule has 0 unspecified atom stereocenters. The van der Waals surface area contributed by atoms with E-state index in [2.05, 4.69) is 0 Å². The highest BCUT2D eigenvalue weighted by molar-refractivity contribution is 5.88. The number of carboxylic acids is 1. The maximum Gasteiger partial charge on any atom is 0.338 e. The number of alkyl halides is 2. The van der Waals surface area contributed by atoms with E-state index in [0.29, 0.717) is 0 Å². The Morgan fingerprint density at radius 3 is 2.44 bits per heavy atom. The summed E-state index contributed by atoms with van der Waals surface area (Å²) in [5.74, 6) is -8.05. The topological polar surface area (TPSA) is 75.3 Å². The maximum atomic E-state index is 13.3. The molecule has 0 atom stereocenters. The van der Waals surface area contributed by atoms with Gasteiger partial charge in [0, 0.05) is 0 Å². The summed E-state index contributed by atoms with van der Waals surface area (Å²) in [4.78, 5) is 10.5.